The second-order valence-corrected chi connectivity index (χ2v) is 5.76. The monoisotopic (exact) mass is 287 g/mol. The number of nitrogens with one attached hydrogen (secondary N) is 2. The largest absolute Gasteiger partial charge is 0.355 e. The van der Waals surface area contributed by atoms with Crippen molar-refractivity contribution in [1.29, 1.82) is 0 Å². The molecule has 1 amide bonds. The molecule has 2 N–H and O–H groups in total. The maximum atomic E-state index is 11.7. The fourth-order valence-electron chi connectivity index (χ4n) is 2.07. The van der Waals surface area contributed by atoms with Gasteiger partial charge in [-0.05, 0) is 0 Å². The Hall–Kier alpha value is -1.72. The van der Waals surface area contributed by atoms with Crippen LogP contribution in [-0.4, -0.2) is 30.5 Å². The van der Waals surface area contributed by atoms with Crippen LogP contribution in [0.15, 0.2) is 35.7 Å². The third-order valence-corrected chi connectivity index (χ3v) is 4.35. The van der Waals surface area contributed by atoms with E-state index in [1.807, 2.05) is 18.2 Å². The molecular weight excluding hydrogens is 270 g/mol. The first-order chi connectivity index (χ1) is 9.83. The molecule has 0 atom stereocenters. The summed E-state index contributed by atoms with van der Waals surface area (Å²) in [5.41, 5.74) is 2.19. The zero-order valence-corrected chi connectivity index (χ0v) is 12.0. The van der Waals surface area contributed by atoms with Gasteiger partial charge in [0.15, 0.2) is 0 Å². The lowest BCUT2D eigenvalue weighted by Gasteiger charge is -2.25. The fourth-order valence-corrected chi connectivity index (χ4v) is 2.93. The normalized spacial score (nSPS) is 14.8. The van der Waals surface area contributed by atoms with Gasteiger partial charge in [-0.1, -0.05) is 30.3 Å². The molecule has 5 heteroatoms. The molecule has 0 unspecified atom stereocenters. The van der Waals surface area contributed by atoms with Gasteiger partial charge in [-0.2, -0.15) is 0 Å². The van der Waals surface area contributed by atoms with Gasteiger partial charge in [0.2, 0.25) is 5.91 Å². The predicted octanol–water partition coefficient (Wildman–Crippen LogP) is 1.69. The van der Waals surface area contributed by atoms with Crippen LogP contribution in [0.4, 0.5) is 0 Å². The lowest BCUT2D eigenvalue weighted by atomic mass is 10.0. The lowest BCUT2D eigenvalue weighted by molar-refractivity contribution is -0.126. The summed E-state index contributed by atoms with van der Waals surface area (Å²) in [5, 5.41) is 9.17. The van der Waals surface area contributed by atoms with Crippen LogP contribution in [0, 0.1) is 5.92 Å². The topological polar surface area (TPSA) is 54.0 Å². The summed E-state index contributed by atoms with van der Waals surface area (Å²) in [4.78, 5) is 16.3. The zero-order valence-electron chi connectivity index (χ0n) is 11.1. The van der Waals surface area contributed by atoms with E-state index in [1.54, 1.807) is 11.3 Å². The van der Waals surface area contributed by atoms with E-state index in [4.69, 9.17) is 0 Å². The quantitative estimate of drug-likeness (QED) is 0.880. The highest BCUT2D eigenvalue weighted by atomic mass is 32.1. The molecule has 0 radical (unpaired) electrons. The molecule has 0 bridgehead atoms. The van der Waals surface area contributed by atoms with Crippen LogP contribution < -0.4 is 10.6 Å². The Morgan fingerprint density at radius 1 is 1.35 bits per heavy atom. The Morgan fingerprint density at radius 2 is 2.15 bits per heavy atom. The minimum atomic E-state index is 0.155. The number of rotatable bonds is 5. The molecule has 0 aliphatic carbocycles. The highest BCUT2D eigenvalue weighted by Gasteiger charge is 2.24. The number of thiazole rings is 1. The number of nitrogens with zero attached hydrogens (tertiary/aromatic N) is 1. The van der Waals surface area contributed by atoms with Crippen molar-refractivity contribution in [3.8, 4) is 10.6 Å². The standard InChI is InChI=1S/C15H17N3OS/c19-14(12-8-16-9-12)17-7-6-13-10-20-15(18-13)11-4-2-1-3-5-11/h1-5,10,12,16H,6-9H2,(H,17,19). The van der Waals surface area contributed by atoms with Crippen molar-refractivity contribution < 1.29 is 4.79 Å². The predicted molar refractivity (Wildman–Crippen MR) is 80.6 cm³/mol. The molecule has 20 heavy (non-hydrogen) atoms. The Labute approximate surface area is 122 Å². The Bertz CT molecular complexity index is 578. The van der Waals surface area contributed by atoms with E-state index in [-0.39, 0.29) is 11.8 Å². The molecule has 2 heterocycles. The summed E-state index contributed by atoms with van der Waals surface area (Å²) >= 11 is 1.65. The van der Waals surface area contributed by atoms with Crippen LogP contribution in [-0.2, 0) is 11.2 Å². The van der Waals surface area contributed by atoms with Gasteiger partial charge in [0.05, 0.1) is 11.6 Å². The maximum absolute atomic E-state index is 11.7. The van der Waals surface area contributed by atoms with Gasteiger partial charge in [0, 0.05) is 37.0 Å². The number of hydrogen-bond donors (Lipinski definition) is 2. The number of carbonyl (C=O) groups excluding carboxylic acids is 1. The molecule has 1 aromatic carbocycles. The first-order valence-corrected chi connectivity index (χ1v) is 7.69. The summed E-state index contributed by atoms with van der Waals surface area (Å²) in [6, 6.07) is 10.2. The fraction of sp³-hybridized carbons (Fsp3) is 0.333. The van der Waals surface area contributed by atoms with Crippen molar-refractivity contribution in [1.82, 2.24) is 15.6 Å². The molecule has 1 saturated heterocycles. The molecule has 0 spiro atoms. The van der Waals surface area contributed by atoms with E-state index < -0.39 is 0 Å². The van der Waals surface area contributed by atoms with Gasteiger partial charge in [0.25, 0.3) is 0 Å². The van der Waals surface area contributed by atoms with E-state index in [9.17, 15) is 4.79 Å². The van der Waals surface area contributed by atoms with Crippen molar-refractivity contribution in [2.45, 2.75) is 6.42 Å². The van der Waals surface area contributed by atoms with Crippen LogP contribution in [0.1, 0.15) is 5.69 Å². The summed E-state index contributed by atoms with van der Waals surface area (Å²) in [6.07, 6.45) is 0.787. The first kappa shape index (κ1) is 13.3. The molecule has 1 aliphatic rings. The second-order valence-electron chi connectivity index (χ2n) is 4.91. The first-order valence-electron chi connectivity index (χ1n) is 6.81. The minimum Gasteiger partial charge on any atom is -0.355 e. The Balaban J connectivity index is 1.51. The summed E-state index contributed by atoms with van der Waals surface area (Å²) in [6.45, 7) is 2.27. The van der Waals surface area contributed by atoms with Gasteiger partial charge in [-0.3, -0.25) is 4.79 Å². The molecule has 4 nitrogen and oxygen atoms in total. The summed E-state index contributed by atoms with van der Waals surface area (Å²) < 4.78 is 0. The van der Waals surface area contributed by atoms with Gasteiger partial charge in [-0.15, -0.1) is 11.3 Å². The minimum absolute atomic E-state index is 0.155. The third kappa shape index (κ3) is 3.05. The van der Waals surface area contributed by atoms with Gasteiger partial charge < -0.3 is 10.6 Å². The smallest absolute Gasteiger partial charge is 0.225 e. The highest BCUT2D eigenvalue weighted by molar-refractivity contribution is 7.13. The summed E-state index contributed by atoms with van der Waals surface area (Å²) in [7, 11) is 0. The number of amides is 1. The molecule has 0 saturated carbocycles. The van der Waals surface area contributed by atoms with Gasteiger partial charge in [0.1, 0.15) is 5.01 Å². The Morgan fingerprint density at radius 3 is 2.85 bits per heavy atom. The average molecular weight is 287 g/mol. The van der Waals surface area contributed by atoms with Crippen LogP contribution >= 0.6 is 11.3 Å². The van der Waals surface area contributed by atoms with Crippen LogP contribution in [0.2, 0.25) is 0 Å². The average Bonchev–Trinajstić information content (AvgIpc) is 2.86. The molecule has 3 rings (SSSR count). The van der Waals surface area contributed by atoms with E-state index >= 15 is 0 Å². The van der Waals surface area contributed by atoms with Crippen molar-refractivity contribution in [3.05, 3.63) is 41.4 Å². The van der Waals surface area contributed by atoms with E-state index in [2.05, 4.69) is 33.1 Å². The molecule has 1 aromatic heterocycles. The van der Waals surface area contributed by atoms with Crippen molar-refractivity contribution >= 4 is 17.2 Å². The Kier molecular flexibility index (Phi) is 4.08. The maximum Gasteiger partial charge on any atom is 0.225 e. The highest BCUT2D eigenvalue weighted by Crippen LogP contribution is 2.23. The second kappa shape index (κ2) is 6.15. The van der Waals surface area contributed by atoms with Crippen molar-refractivity contribution in [2.75, 3.05) is 19.6 Å². The van der Waals surface area contributed by atoms with Gasteiger partial charge in [-0.25, -0.2) is 4.98 Å². The summed E-state index contributed by atoms with van der Waals surface area (Å²) in [5.74, 6) is 0.313. The SMILES string of the molecule is O=C(NCCc1csc(-c2ccccc2)n1)C1CNC1. The number of hydrogen-bond acceptors (Lipinski definition) is 4. The van der Waals surface area contributed by atoms with E-state index in [0.29, 0.717) is 6.54 Å². The third-order valence-electron chi connectivity index (χ3n) is 3.41. The van der Waals surface area contributed by atoms with Crippen LogP contribution in [0.5, 0.6) is 0 Å². The number of carbonyl (C=O) groups is 1. The molecule has 1 aliphatic heterocycles. The van der Waals surface area contributed by atoms with E-state index in [0.717, 1.165) is 35.8 Å². The number of aromatic nitrogens is 1. The number of benzene rings is 1. The zero-order chi connectivity index (χ0) is 13.8. The van der Waals surface area contributed by atoms with Crippen molar-refractivity contribution in [3.63, 3.8) is 0 Å². The van der Waals surface area contributed by atoms with Gasteiger partial charge >= 0.3 is 0 Å². The molecule has 2 aromatic rings. The molecule has 1 fully saturated rings. The molecular formula is C15H17N3OS. The van der Waals surface area contributed by atoms with E-state index in [1.165, 1.54) is 0 Å². The van der Waals surface area contributed by atoms with Crippen LogP contribution in [0.25, 0.3) is 10.6 Å². The lowest BCUT2D eigenvalue weighted by Crippen LogP contribution is -2.51. The van der Waals surface area contributed by atoms with Crippen LogP contribution in [0.3, 0.4) is 0 Å². The molecule has 104 valence electrons. The van der Waals surface area contributed by atoms with Crippen molar-refractivity contribution in [2.24, 2.45) is 5.92 Å².